The van der Waals surface area contributed by atoms with Crippen LogP contribution in [0.1, 0.15) is 25.7 Å². The number of rotatable bonds is 6. The minimum Gasteiger partial charge on any atom is -0.480 e. The summed E-state index contributed by atoms with van der Waals surface area (Å²) in [6.07, 6.45) is 3.07. The predicted octanol–water partition coefficient (Wildman–Crippen LogP) is 0.111. The molecule has 3 atom stereocenters. The fraction of sp³-hybridized carbons (Fsp3) is 0.909. The average molecular weight is 331 g/mol. The molecule has 2 unspecified atom stereocenters. The molecule has 6 N–H and O–H groups in total. The number of carboxylic acids is 1. The molecule has 1 rings (SSSR count). The zero-order chi connectivity index (χ0) is 13.8. The van der Waals surface area contributed by atoms with Gasteiger partial charge < -0.3 is 26.2 Å². The summed E-state index contributed by atoms with van der Waals surface area (Å²) >= 11 is 0. The molecular formula is C11H25BCl2N2O4. The van der Waals surface area contributed by atoms with Crippen molar-refractivity contribution < 1.29 is 19.9 Å². The molecule has 1 saturated carbocycles. The molecule has 0 amide bonds. The molecule has 0 aromatic rings. The van der Waals surface area contributed by atoms with Crippen LogP contribution in [0, 0.1) is 11.8 Å². The Kier molecular flexibility index (Phi) is 10.9. The van der Waals surface area contributed by atoms with Gasteiger partial charge in [0.05, 0.1) is 0 Å². The maximum absolute atomic E-state index is 11.5. The van der Waals surface area contributed by atoms with Crippen molar-refractivity contribution in [3.8, 4) is 0 Å². The van der Waals surface area contributed by atoms with Crippen LogP contribution in [0.25, 0.3) is 0 Å². The lowest BCUT2D eigenvalue weighted by Gasteiger charge is -2.43. The van der Waals surface area contributed by atoms with E-state index >= 15 is 0 Å². The van der Waals surface area contributed by atoms with Crippen molar-refractivity contribution >= 4 is 37.9 Å². The second-order valence-corrected chi connectivity index (χ2v) is 5.16. The summed E-state index contributed by atoms with van der Waals surface area (Å²) in [6, 6.07) is 0. The molecule has 0 aromatic carbocycles. The molecule has 9 heteroatoms. The molecule has 1 aliphatic rings. The summed E-state index contributed by atoms with van der Waals surface area (Å²) in [4.78, 5) is 11.5. The Balaban J connectivity index is 0. The fourth-order valence-corrected chi connectivity index (χ4v) is 3.03. The van der Waals surface area contributed by atoms with Gasteiger partial charge in [-0.15, -0.1) is 24.8 Å². The Labute approximate surface area is 132 Å². The smallest absolute Gasteiger partial charge is 0.451 e. The van der Waals surface area contributed by atoms with E-state index in [9.17, 15) is 9.90 Å². The van der Waals surface area contributed by atoms with Crippen LogP contribution in [0.5, 0.6) is 0 Å². The summed E-state index contributed by atoms with van der Waals surface area (Å²) in [5.41, 5.74) is 4.70. The van der Waals surface area contributed by atoms with Gasteiger partial charge in [0.25, 0.3) is 0 Å². The Hall–Kier alpha value is -0.0451. The van der Waals surface area contributed by atoms with Crippen molar-refractivity contribution in [3.63, 3.8) is 0 Å². The minimum atomic E-state index is -1.31. The van der Waals surface area contributed by atoms with E-state index in [2.05, 4.69) is 5.32 Å². The maximum Gasteiger partial charge on any atom is 0.451 e. The van der Waals surface area contributed by atoms with E-state index in [1.54, 1.807) is 7.05 Å². The quantitative estimate of drug-likeness (QED) is 0.441. The summed E-state index contributed by atoms with van der Waals surface area (Å²) in [5, 5.41) is 30.2. The van der Waals surface area contributed by atoms with E-state index in [1.165, 1.54) is 0 Å². The lowest BCUT2D eigenvalue weighted by Crippen LogP contribution is -2.60. The first kappa shape index (κ1) is 22.2. The Bertz CT molecular complexity index is 300. The van der Waals surface area contributed by atoms with Gasteiger partial charge in [0.2, 0.25) is 0 Å². The monoisotopic (exact) mass is 330 g/mol. The largest absolute Gasteiger partial charge is 0.480 e. The molecule has 1 fully saturated rings. The normalized spacial score (nSPS) is 29.0. The SMILES string of the molecule is CNC1(C(=O)O)C[C@H](CCB(O)O)CCC1CN.Cl.Cl. The summed E-state index contributed by atoms with van der Waals surface area (Å²) in [5.74, 6) is -0.747. The topological polar surface area (TPSA) is 116 Å². The van der Waals surface area contributed by atoms with Crippen molar-refractivity contribution in [2.45, 2.75) is 37.5 Å². The maximum atomic E-state index is 11.5. The zero-order valence-corrected chi connectivity index (χ0v) is 13.3. The number of likely N-dealkylation sites (N-methyl/N-ethyl adjacent to an activating group) is 1. The van der Waals surface area contributed by atoms with E-state index in [0.717, 1.165) is 12.8 Å². The molecule has 1 aliphatic carbocycles. The lowest BCUT2D eigenvalue weighted by atomic mass is 9.66. The van der Waals surface area contributed by atoms with Crippen molar-refractivity contribution in [2.75, 3.05) is 13.6 Å². The highest BCUT2D eigenvalue weighted by molar-refractivity contribution is 6.40. The summed E-state index contributed by atoms with van der Waals surface area (Å²) in [7, 11) is 0.339. The highest BCUT2D eigenvalue weighted by Crippen LogP contribution is 2.39. The first-order valence-corrected chi connectivity index (χ1v) is 6.44. The molecule has 0 saturated heterocycles. The number of halogens is 2. The molecule has 6 nitrogen and oxygen atoms in total. The van der Waals surface area contributed by atoms with Crippen LogP contribution in [0.4, 0.5) is 0 Å². The van der Waals surface area contributed by atoms with Crippen molar-refractivity contribution in [1.82, 2.24) is 5.32 Å². The van der Waals surface area contributed by atoms with Gasteiger partial charge in [0.15, 0.2) is 0 Å². The minimum absolute atomic E-state index is 0. The Morgan fingerprint density at radius 3 is 2.40 bits per heavy atom. The van der Waals surface area contributed by atoms with E-state index in [1.807, 2.05) is 0 Å². The third kappa shape index (κ3) is 5.05. The van der Waals surface area contributed by atoms with Gasteiger partial charge in [0, 0.05) is 5.92 Å². The summed E-state index contributed by atoms with van der Waals surface area (Å²) in [6.45, 7) is 0.350. The van der Waals surface area contributed by atoms with Crippen LogP contribution >= 0.6 is 24.8 Å². The first-order chi connectivity index (χ1) is 8.46. The highest BCUT2D eigenvalue weighted by atomic mass is 35.5. The third-order valence-electron chi connectivity index (χ3n) is 4.18. The van der Waals surface area contributed by atoms with Gasteiger partial charge in [-0.25, -0.2) is 0 Å². The first-order valence-electron chi connectivity index (χ1n) is 6.44. The van der Waals surface area contributed by atoms with Crippen LogP contribution in [0.2, 0.25) is 6.32 Å². The second kappa shape index (κ2) is 9.81. The number of hydrogen-bond acceptors (Lipinski definition) is 5. The highest BCUT2D eigenvalue weighted by Gasteiger charge is 2.48. The van der Waals surface area contributed by atoms with Gasteiger partial charge in [0.1, 0.15) is 5.54 Å². The standard InChI is InChI=1S/C11H23BN2O4.2ClH/c1-14-11(10(15)16)6-8(4-5-12(17)18)2-3-9(11)7-13;;/h8-9,14,17-18H,2-7,13H2,1H3,(H,15,16);2*1H/t8-,9?,11?;;/m0../s1. The van der Waals surface area contributed by atoms with E-state index < -0.39 is 18.6 Å². The van der Waals surface area contributed by atoms with Crippen LogP contribution in [0.15, 0.2) is 0 Å². The number of nitrogens with one attached hydrogen (secondary N) is 1. The second-order valence-electron chi connectivity index (χ2n) is 5.16. The molecule has 0 bridgehead atoms. The molecule has 0 radical (unpaired) electrons. The number of nitrogens with two attached hydrogens (primary N) is 1. The molecule has 120 valence electrons. The number of aliphatic carboxylic acids is 1. The third-order valence-corrected chi connectivity index (χ3v) is 4.18. The van der Waals surface area contributed by atoms with Crippen LogP contribution < -0.4 is 11.1 Å². The fourth-order valence-electron chi connectivity index (χ4n) is 3.03. The predicted molar refractivity (Wildman–Crippen MR) is 83.4 cm³/mol. The van der Waals surface area contributed by atoms with Crippen molar-refractivity contribution in [3.05, 3.63) is 0 Å². The van der Waals surface area contributed by atoms with E-state index in [0.29, 0.717) is 19.4 Å². The van der Waals surface area contributed by atoms with Gasteiger partial charge in [-0.05, 0) is 45.1 Å². The molecule has 0 aromatic heterocycles. The van der Waals surface area contributed by atoms with Gasteiger partial charge in [-0.2, -0.15) is 0 Å². The number of hydrogen-bond donors (Lipinski definition) is 5. The Morgan fingerprint density at radius 1 is 1.40 bits per heavy atom. The summed E-state index contributed by atoms with van der Waals surface area (Å²) < 4.78 is 0. The molecule has 0 spiro atoms. The van der Waals surface area contributed by atoms with Gasteiger partial charge >= 0.3 is 13.1 Å². The van der Waals surface area contributed by atoms with Crippen LogP contribution in [-0.2, 0) is 4.79 Å². The van der Waals surface area contributed by atoms with Crippen molar-refractivity contribution in [1.29, 1.82) is 0 Å². The molecule has 20 heavy (non-hydrogen) atoms. The molecule has 0 heterocycles. The lowest BCUT2D eigenvalue weighted by molar-refractivity contribution is -0.150. The molecule has 0 aliphatic heterocycles. The molecular weight excluding hydrogens is 306 g/mol. The van der Waals surface area contributed by atoms with E-state index in [4.69, 9.17) is 15.8 Å². The van der Waals surface area contributed by atoms with Crippen LogP contribution in [0.3, 0.4) is 0 Å². The van der Waals surface area contributed by atoms with Crippen molar-refractivity contribution in [2.24, 2.45) is 17.6 Å². The zero-order valence-electron chi connectivity index (χ0n) is 11.6. The van der Waals surface area contributed by atoms with Gasteiger partial charge in [-0.1, -0.05) is 6.42 Å². The van der Waals surface area contributed by atoms with Crippen LogP contribution in [-0.4, -0.2) is 47.4 Å². The Morgan fingerprint density at radius 2 is 2.00 bits per heavy atom. The average Bonchev–Trinajstić information content (AvgIpc) is 2.35. The van der Waals surface area contributed by atoms with E-state index in [-0.39, 0.29) is 43.0 Å². The number of carboxylic acid groups (broad SMARTS) is 1. The number of carbonyl (C=O) groups is 1. The van der Waals surface area contributed by atoms with Gasteiger partial charge in [-0.3, -0.25) is 4.79 Å².